The summed E-state index contributed by atoms with van der Waals surface area (Å²) in [6.07, 6.45) is -0.280. The summed E-state index contributed by atoms with van der Waals surface area (Å²) in [5.74, 6) is -3.88. The first kappa shape index (κ1) is 27.3. The molecule has 0 saturated carbocycles. The predicted octanol–water partition coefficient (Wildman–Crippen LogP) is 0.423. The lowest BCUT2D eigenvalue weighted by atomic mass is 9.79. The minimum atomic E-state index is -2.08. The van der Waals surface area contributed by atoms with Crippen LogP contribution >= 0.6 is 0 Å². The summed E-state index contributed by atoms with van der Waals surface area (Å²) < 4.78 is 10.4. The molecule has 2 rings (SSSR count). The van der Waals surface area contributed by atoms with Crippen molar-refractivity contribution in [1.82, 2.24) is 10.6 Å². The normalized spacial score (nSPS) is 13.2. The molecule has 0 aliphatic carbocycles. The van der Waals surface area contributed by atoms with Crippen molar-refractivity contribution in [2.24, 2.45) is 17.4 Å². The Morgan fingerprint density at radius 2 is 1.66 bits per heavy atom. The minimum Gasteiger partial charge on any atom is -0.497 e. The maximum Gasteiger partial charge on any atom is 0.244 e. The van der Waals surface area contributed by atoms with Crippen molar-refractivity contribution >= 4 is 23.6 Å². The highest BCUT2D eigenvalue weighted by Crippen LogP contribution is 2.24. The largest absolute Gasteiger partial charge is 0.497 e. The number of nitrogens with two attached hydrogens (primary N) is 2. The Hall–Kier alpha value is -3.92. The maximum atomic E-state index is 13.2. The molecule has 0 aliphatic heterocycles. The zero-order chi connectivity index (χ0) is 25.8. The first-order chi connectivity index (χ1) is 16.7. The zero-order valence-corrected chi connectivity index (χ0v) is 19.9. The molecule has 0 aromatic heterocycles. The summed E-state index contributed by atoms with van der Waals surface area (Å²) in [6, 6.07) is 16.3. The van der Waals surface area contributed by atoms with E-state index in [9.17, 15) is 19.2 Å². The van der Waals surface area contributed by atoms with Crippen LogP contribution in [0.25, 0.3) is 0 Å². The van der Waals surface area contributed by atoms with E-state index in [4.69, 9.17) is 20.9 Å². The number of ether oxygens (including phenoxy) is 2. The van der Waals surface area contributed by atoms with Gasteiger partial charge >= 0.3 is 0 Å². The van der Waals surface area contributed by atoms with Gasteiger partial charge in [0.1, 0.15) is 11.3 Å². The highest BCUT2D eigenvalue weighted by molar-refractivity contribution is 5.99. The summed E-state index contributed by atoms with van der Waals surface area (Å²) in [7, 11) is 2.85. The van der Waals surface area contributed by atoms with Crippen LogP contribution in [0.2, 0.25) is 0 Å². The van der Waals surface area contributed by atoms with Gasteiger partial charge < -0.3 is 31.6 Å². The van der Waals surface area contributed by atoms with E-state index in [2.05, 4.69) is 10.6 Å². The third kappa shape index (κ3) is 7.82. The molecular weight excluding hydrogens is 452 g/mol. The van der Waals surface area contributed by atoms with Gasteiger partial charge in [0.2, 0.25) is 23.6 Å². The monoisotopic (exact) mass is 484 g/mol. The number of primary amides is 2. The third-order valence-electron chi connectivity index (χ3n) is 5.58. The molecule has 188 valence electrons. The fourth-order valence-electron chi connectivity index (χ4n) is 3.77. The van der Waals surface area contributed by atoms with Crippen LogP contribution in [0.5, 0.6) is 5.75 Å². The van der Waals surface area contributed by atoms with E-state index in [1.165, 1.54) is 14.2 Å². The average molecular weight is 485 g/mol. The molecule has 6 N–H and O–H groups in total. The van der Waals surface area contributed by atoms with Crippen molar-refractivity contribution < 1.29 is 28.7 Å². The van der Waals surface area contributed by atoms with E-state index >= 15 is 0 Å². The zero-order valence-electron chi connectivity index (χ0n) is 19.9. The predicted molar refractivity (Wildman–Crippen MR) is 129 cm³/mol. The van der Waals surface area contributed by atoms with E-state index in [-0.39, 0.29) is 19.6 Å². The van der Waals surface area contributed by atoms with Crippen molar-refractivity contribution in [2.45, 2.75) is 31.3 Å². The Balaban J connectivity index is 2.26. The summed E-state index contributed by atoms with van der Waals surface area (Å²) in [4.78, 5) is 50.7. The van der Waals surface area contributed by atoms with Gasteiger partial charge in [-0.05, 0) is 29.7 Å². The first-order valence-electron chi connectivity index (χ1n) is 11.0. The number of hydrogen-bond donors (Lipinski definition) is 4. The van der Waals surface area contributed by atoms with Crippen LogP contribution < -0.4 is 26.8 Å². The molecule has 0 bridgehead atoms. The van der Waals surface area contributed by atoms with Crippen molar-refractivity contribution in [3.8, 4) is 5.75 Å². The van der Waals surface area contributed by atoms with Crippen molar-refractivity contribution in [2.75, 3.05) is 20.8 Å². The highest BCUT2D eigenvalue weighted by atomic mass is 16.5. The van der Waals surface area contributed by atoms with Gasteiger partial charge in [-0.15, -0.1) is 0 Å². The molecule has 10 heteroatoms. The van der Waals surface area contributed by atoms with Gasteiger partial charge in [-0.1, -0.05) is 42.5 Å². The van der Waals surface area contributed by atoms with Crippen LogP contribution in [0, 0.1) is 5.92 Å². The molecule has 0 fully saturated rings. The number of methoxy groups -OCH3 is 2. The fraction of sp³-hybridized carbons (Fsp3) is 0.360. The van der Waals surface area contributed by atoms with Gasteiger partial charge in [-0.2, -0.15) is 0 Å². The van der Waals surface area contributed by atoms with E-state index in [1.54, 1.807) is 24.3 Å². The second-order valence-electron chi connectivity index (χ2n) is 8.09. The molecule has 4 amide bonds. The Morgan fingerprint density at radius 1 is 0.971 bits per heavy atom. The SMILES string of the molecule is COC[C@@H](C(=O)NCc1cccc(OC)c1)C(CC(N)=O)(NC(=O)CCc1ccccc1)C(N)=O. The number of carbonyl (C=O) groups is 4. The molecule has 2 aromatic rings. The molecule has 0 saturated heterocycles. The van der Waals surface area contributed by atoms with Crippen LogP contribution in [0.3, 0.4) is 0 Å². The lowest BCUT2D eigenvalue weighted by Gasteiger charge is -2.37. The first-order valence-corrected chi connectivity index (χ1v) is 11.0. The molecule has 2 atom stereocenters. The summed E-state index contributed by atoms with van der Waals surface area (Å²) in [5.41, 5.74) is 10.6. The van der Waals surface area contributed by atoms with E-state index in [0.29, 0.717) is 12.2 Å². The second kappa shape index (κ2) is 13.1. The Bertz CT molecular complexity index is 1030. The molecule has 1 unspecified atom stereocenters. The van der Waals surface area contributed by atoms with E-state index in [0.717, 1.165) is 11.1 Å². The molecule has 0 aliphatic rings. The smallest absolute Gasteiger partial charge is 0.244 e. The van der Waals surface area contributed by atoms with Crippen molar-refractivity contribution in [3.05, 3.63) is 65.7 Å². The van der Waals surface area contributed by atoms with Gasteiger partial charge in [-0.3, -0.25) is 19.2 Å². The molecular formula is C25H32N4O6. The minimum absolute atomic E-state index is 0.00291. The average Bonchev–Trinajstić information content (AvgIpc) is 2.84. The van der Waals surface area contributed by atoms with Crippen molar-refractivity contribution in [3.63, 3.8) is 0 Å². The third-order valence-corrected chi connectivity index (χ3v) is 5.58. The summed E-state index contributed by atoms with van der Waals surface area (Å²) in [6.45, 7) is -0.192. The van der Waals surface area contributed by atoms with Gasteiger partial charge in [0, 0.05) is 20.1 Å². The number of aryl methyl sites for hydroxylation is 1. The quantitative estimate of drug-likeness (QED) is 0.304. The number of nitrogens with one attached hydrogen (secondary N) is 2. The molecule has 0 heterocycles. The van der Waals surface area contributed by atoms with Crippen LogP contribution in [-0.4, -0.2) is 50.0 Å². The van der Waals surface area contributed by atoms with Gasteiger partial charge in [-0.25, -0.2) is 0 Å². The Kier molecular flexibility index (Phi) is 10.2. The summed E-state index contributed by atoms with van der Waals surface area (Å²) in [5, 5.41) is 5.25. The van der Waals surface area contributed by atoms with E-state index in [1.807, 2.05) is 30.3 Å². The molecule has 35 heavy (non-hydrogen) atoms. The summed E-state index contributed by atoms with van der Waals surface area (Å²) >= 11 is 0. The van der Waals surface area contributed by atoms with Crippen LogP contribution in [0.15, 0.2) is 54.6 Å². The van der Waals surface area contributed by atoms with Crippen LogP contribution in [-0.2, 0) is 36.9 Å². The topological polar surface area (TPSA) is 163 Å². The van der Waals surface area contributed by atoms with Crippen LogP contribution in [0.4, 0.5) is 0 Å². The van der Waals surface area contributed by atoms with Gasteiger partial charge in [0.25, 0.3) is 0 Å². The molecule has 0 spiro atoms. The standard InChI is InChI=1S/C25H32N4O6/c1-34-16-20(23(32)28-15-18-9-6-10-19(13-18)35-2)25(24(27)33,14-21(26)30)29-22(31)12-11-17-7-4-3-5-8-17/h3-10,13,20H,11-12,14-16H2,1-2H3,(H2,26,30)(H2,27,33)(H,28,32)(H,29,31)/t20-,25?/m0/s1. The van der Waals surface area contributed by atoms with Gasteiger partial charge in [0.05, 0.1) is 26.1 Å². The lowest BCUT2D eigenvalue weighted by molar-refractivity contribution is -0.144. The number of carbonyl (C=O) groups excluding carboxylic acids is 4. The number of rotatable bonds is 14. The molecule has 10 nitrogen and oxygen atoms in total. The lowest BCUT2D eigenvalue weighted by Crippen LogP contribution is -2.67. The Morgan fingerprint density at radius 3 is 2.26 bits per heavy atom. The number of hydrogen-bond acceptors (Lipinski definition) is 6. The van der Waals surface area contributed by atoms with Crippen LogP contribution in [0.1, 0.15) is 24.0 Å². The maximum absolute atomic E-state index is 13.2. The van der Waals surface area contributed by atoms with Crippen molar-refractivity contribution in [1.29, 1.82) is 0 Å². The second-order valence-corrected chi connectivity index (χ2v) is 8.09. The molecule has 2 aromatic carbocycles. The highest BCUT2D eigenvalue weighted by Gasteiger charge is 2.50. The number of amides is 4. The Labute approximate surface area is 204 Å². The fourth-order valence-corrected chi connectivity index (χ4v) is 3.77. The molecule has 0 radical (unpaired) electrons. The number of benzene rings is 2. The van der Waals surface area contributed by atoms with Gasteiger partial charge in [0.15, 0.2) is 0 Å². The van der Waals surface area contributed by atoms with E-state index < -0.39 is 41.5 Å².